The third-order valence-corrected chi connectivity index (χ3v) is 6.63. The van der Waals surface area contributed by atoms with Gasteiger partial charge in [0.15, 0.2) is 0 Å². The van der Waals surface area contributed by atoms with Gasteiger partial charge < -0.3 is 15.6 Å². The predicted molar refractivity (Wildman–Crippen MR) is 145 cm³/mol. The Morgan fingerprint density at radius 1 is 1.00 bits per heavy atom. The first-order valence-corrected chi connectivity index (χ1v) is 12.9. The monoisotopic (exact) mass is 549 g/mol. The Balaban J connectivity index is 1.79. The standard InChI is InChI=1S/C30H30F3N5O2/c1-4-26(38-11-10-36-29(38)17(2)3)30(40)37-25(14-18-12-20(31)16-21(32)13-18)27-22(6-5-9-35-27)19-7-8-24(33)23(15-19)28(34)39/h5-13,15-17,25-26H,4,14H2,1-3H3,(H2,34,39)(H,37,40)/t25-,26?/m0/s1. The molecule has 0 aliphatic rings. The highest BCUT2D eigenvalue weighted by Crippen LogP contribution is 2.31. The number of rotatable bonds is 10. The Morgan fingerprint density at radius 3 is 2.38 bits per heavy atom. The summed E-state index contributed by atoms with van der Waals surface area (Å²) in [5.74, 6) is -2.73. The zero-order valence-electron chi connectivity index (χ0n) is 22.4. The highest BCUT2D eigenvalue weighted by Gasteiger charge is 2.27. The van der Waals surface area contributed by atoms with Gasteiger partial charge >= 0.3 is 0 Å². The van der Waals surface area contributed by atoms with Gasteiger partial charge in [-0.3, -0.25) is 14.6 Å². The van der Waals surface area contributed by atoms with Crippen LogP contribution in [0.25, 0.3) is 11.1 Å². The van der Waals surface area contributed by atoms with Crippen LogP contribution in [-0.2, 0) is 11.2 Å². The van der Waals surface area contributed by atoms with E-state index in [0.717, 1.165) is 18.0 Å². The quantitative estimate of drug-likeness (QED) is 0.267. The van der Waals surface area contributed by atoms with Crippen LogP contribution >= 0.6 is 0 Å². The maximum atomic E-state index is 14.2. The summed E-state index contributed by atoms with van der Waals surface area (Å²) in [5, 5.41) is 3.02. The Morgan fingerprint density at radius 2 is 1.73 bits per heavy atom. The van der Waals surface area contributed by atoms with Gasteiger partial charge in [0, 0.05) is 36.1 Å². The van der Waals surface area contributed by atoms with E-state index in [1.165, 1.54) is 30.5 Å². The number of pyridine rings is 1. The highest BCUT2D eigenvalue weighted by atomic mass is 19.1. The van der Waals surface area contributed by atoms with E-state index < -0.39 is 35.4 Å². The van der Waals surface area contributed by atoms with Crippen molar-refractivity contribution in [3.05, 3.63) is 107 Å². The molecule has 1 unspecified atom stereocenters. The number of carbonyl (C=O) groups excluding carboxylic acids is 2. The molecule has 0 saturated heterocycles. The third kappa shape index (κ3) is 6.22. The molecule has 2 atom stereocenters. The molecular formula is C30H30F3N5O2. The van der Waals surface area contributed by atoms with Crippen molar-refractivity contribution in [2.24, 2.45) is 5.73 Å². The number of hydrogen-bond acceptors (Lipinski definition) is 4. The van der Waals surface area contributed by atoms with Crippen LogP contribution in [0.5, 0.6) is 0 Å². The Hall–Kier alpha value is -4.47. The van der Waals surface area contributed by atoms with Gasteiger partial charge in [0.1, 0.15) is 29.3 Å². The molecule has 2 amide bonds. The summed E-state index contributed by atoms with van der Waals surface area (Å²) < 4.78 is 44.3. The van der Waals surface area contributed by atoms with Crippen LogP contribution in [0.2, 0.25) is 0 Å². The van der Waals surface area contributed by atoms with Crippen molar-refractivity contribution >= 4 is 11.8 Å². The van der Waals surface area contributed by atoms with Crippen molar-refractivity contribution in [2.75, 3.05) is 0 Å². The smallest absolute Gasteiger partial charge is 0.251 e. The maximum absolute atomic E-state index is 14.2. The van der Waals surface area contributed by atoms with Gasteiger partial charge in [0.2, 0.25) is 5.91 Å². The average molecular weight is 550 g/mol. The lowest BCUT2D eigenvalue weighted by Gasteiger charge is -2.26. The van der Waals surface area contributed by atoms with Crippen LogP contribution in [0.3, 0.4) is 0 Å². The van der Waals surface area contributed by atoms with Gasteiger partial charge in [0.25, 0.3) is 5.91 Å². The highest BCUT2D eigenvalue weighted by molar-refractivity contribution is 5.94. The van der Waals surface area contributed by atoms with E-state index in [4.69, 9.17) is 5.73 Å². The maximum Gasteiger partial charge on any atom is 0.251 e. The lowest BCUT2D eigenvalue weighted by atomic mass is 9.94. The van der Waals surface area contributed by atoms with Crippen molar-refractivity contribution in [3.8, 4) is 11.1 Å². The number of nitrogens with two attached hydrogens (primary N) is 1. The van der Waals surface area contributed by atoms with Crippen LogP contribution in [0, 0.1) is 17.5 Å². The van der Waals surface area contributed by atoms with Crippen molar-refractivity contribution in [2.45, 2.75) is 51.6 Å². The van der Waals surface area contributed by atoms with Gasteiger partial charge in [-0.05, 0) is 54.3 Å². The Labute approximate surface area is 230 Å². The molecule has 0 aliphatic carbocycles. The first-order chi connectivity index (χ1) is 19.1. The minimum absolute atomic E-state index is 0.00566. The lowest BCUT2D eigenvalue weighted by molar-refractivity contribution is -0.125. The normalized spacial score (nSPS) is 12.8. The van der Waals surface area contributed by atoms with Crippen LogP contribution in [0.4, 0.5) is 13.2 Å². The van der Waals surface area contributed by atoms with Gasteiger partial charge in [-0.15, -0.1) is 0 Å². The number of carbonyl (C=O) groups is 2. The molecule has 0 saturated carbocycles. The second-order valence-corrected chi connectivity index (χ2v) is 9.81. The number of benzene rings is 2. The van der Waals surface area contributed by atoms with Crippen molar-refractivity contribution < 1.29 is 22.8 Å². The number of primary amides is 1. The van der Waals surface area contributed by atoms with Crippen molar-refractivity contribution in [3.63, 3.8) is 0 Å². The number of halogens is 3. The fraction of sp³-hybridized carbons (Fsp3) is 0.267. The summed E-state index contributed by atoms with van der Waals surface area (Å²) in [4.78, 5) is 34.4. The minimum Gasteiger partial charge on any atom is -0.366 e. The van der Waals surface area contributed by atoms with E-state index in [0.29, 0.717) is 28.8 Å². The molecule has 7 nitrogen and oxygen atoms in total. The molecule has 4 rings (SSSR count). The molecule has 2 aromatic heterocycles. The van der Waals surface area contributed by atoms with Gasteiger partial charge in [-0.1, -0.05) is 32.9 Å². The van der Waals surface area contributed by atoms with E-state index >= 15 is 0 Å². The molecular weight excluding hydrogens is 519 g/mol. The summed E-state index contributed by atoms with van der Waals surface area (Å²) in [5.41, 5.74) is 6.65. The predicted octanol–water partition coefficient (Wildman–Crippen LogP) is 5.64. The van der Waals surface area contributed by atoms with Crippen LogP contribution < -0.4 is 11.1 Å². The summed E-state index contributed by atoms with van der Waals surface area (Å²) in [6.07, 6.45) is 5.37. The third-order valence-electron chi connectivity index (χ3n) is 6.63. The van der Waals surface area contributed by atoms with Gasteiger partial charge in [-0.2, -0.15) is 0 Å². The molecule has 0 bridgehead atoms. The first kappa shape index (κ1) is 28.5. The van der Waals surface area contributed by atoms with Crippen LogP contribution in [0.15, 0.2) is 67.1 Å². The summed E-state index contributed by atoms with van der Waals surface area (Å²) >= 11 is 0. The van der Waals surface area contributed by atoms with E-state index in [1.54, 1.807) is 24.5 Å². The number of nitrogens with zero attached hydrogens (tertiary/aromatic N) is 3. The number of amides is 2. The summed E-state index contributed by atoms with van der Waals surface area (Å²) in [7, 11) is 0. The molecule has 0 fully saturated rings. The molecule has 0 aliphatic heterocycles. The van der Waals surface area contributed by atoms with Gasteiger partial charge in [0.05, 0.1) is 17.3 Å². The zero-order chi connectivity index (χ0) is 29.0. The molecule has 2 aromatic carbocycles. The first-order valence-electron chi connectivity index (χ1n) is 12.9. The van der Waals surface area contributed by atoms with E-state index in [-0.39, 0.29) is 23.8 Å². The SMILES string of the molecule is CCC(C(=O)N[C@@H](Cc1cc(F)cc(F)c1)c1ncccc1-c1ccc(F)c(C(N)=O)c1)n1ccnc1C(C)C. The number of aromatic nitrogens is 3. The molecule has 0 spiro atoms. The average Bonchev–Trinajstić information content (AvgIpc) is 3.38. The van der Waals surface area contributed by atoms with Crippen molar-refractivity contribution in [1.29, 1.82) is 0 Å². The number of nitrogens with one attached hydrogen (secondary N) is 1. The van der Waals surface area contributed by atoms with E-state index in [9.17, 15) is 22.8 Å². The van der Waals surface area contributed by atoms with Crippen LogP contribution in [0.1, 0.15) is 72.6 Å². The molecule has 2 heterocycles. The minimum atomic E-state index is -0.933. The van der Waals surface area contributed by atoms with E-state index in [1.807, 2.05) is 25.3 Å². The Kier molecular flexibility index (Phi) is 8.67. The molecule has 10 heteroatoms. The molecule has 0 radical (unpaired) electrons. The number of hydrogen-bond donors (Lipinski definition) is 2. The fourth-order valence-corrected chi connectivity index (χ4v) is 4.81. The summed E-state index contributed by atoms with van der Waals surface area (Å²) in [6, 6.07) is 8.98. The van der Waals surface area contributed by atoms with Gasteiger partial charge in [-0.25, -0.2) is 18.2 Å². The fourth-order valence-electron chi connectivity index (χ4n) is 4.81. The van der Waals surface area contributed by atoms with Crippen LogP contribution in [-0.4, -0.2) is 26.3 Å². The topological polar surface area (TPSA) is 103 Å². The molecule has 208 valence electrons. The van der Waals surface area contributed by atoms with Crippen molar-refractivity contribution in [1.82, 2.24) is 19.9 Å². The second kappa shape index (κ2) is 12.1. The Bertz CT molecular complexity index is 1520. The summed E-state index contributed by atoms with van der Waals surface area (Å²) in [6.45, 7) is 5.84. The lowest BCUT2D eigenvalue weighted by Crippen LogP contribution is -2.37. The molecule has 4 aromatic rings. The second-order valence-electron chi connectivity index (χ2n) is 9.81. The number of imidazole rings is 1. The zero-order valence-corrected chi connectivity index (χ0v) is 22.4. The molecule has 3 N–H and O–H groups in total. The van der Waals surface area contributed by atoms with E-state index in [2.05, 4.69) is 15.3 Å². The largest absolute Gasteiger partial charge is 0.366 e. The molecule has 40 heavy (non-hydrogen) atoms.